The highest BCUT2D eigenvalue weighted by molar-refractivity contribution is 8.01. The van der Waals surface area contributed by atoms with Gasteiger partial charge in [-0.2, -0.15) is 0 Å². The van der Waals surface area contributed by atoms with Crippen molar-refractivity contribution >= 4 is 50.8 Å². The molecule has 0 saturated heterocycles. The van der Waals surface area contributed by atoms with E-state index < -0.39 is 11.6 Å². The molecule has 2 aromatic heterocycles. The van der Waals surface area contributed by atoms with Gasteiger partial charge in [-0.1, -0.05) is 110 Å². The van der Waals surface area contributed by atoms with Crippen LogP contribution in [-0.4, -0.2) is 37.5 Å². The van der Waals surface area contributed by atoms with E-state index in [-0.39, 0.29) is 35.2 Å². The Labute approximate surface area is 288 Å². The minimum Gasteiger partial charge on any atom is -0.343 e. The average molecular weight is 676 g/mol. The Morgan fingerprint density at radius 3 is 2.04 bits per heavy atom. The molecule has 6 rings (SSSR count). The maximum Gasteiger partial charge on any atom is 0.295 e. The number of thioether (sulfide) groups is 1. The predicted molar refractivity (Wildman–Crippen MR) is 195 cm³/mol. The number of carbonyl (C=O) groups is 2. The van der Waals surface area contributed by atoms with Crippen molar-refractivity contribution in [3.8, 4) is 5.69 Å². The summed E-state index contributed by atoms with van der Waals surface area (Å²) in [4.78, 5) is 49.8. The van der Waals surface area contributed by atoms with Crippen LogP contribution in [0.3, 0.4) is 0 Å². The SMILES string of the molecule is CCC(C)(C(=O)NC(c1ccccc1)c1ccccc1)N(C(=O)CSc1nc2ccccc2s1)c1c(C)n(C)n(-c2ccccc2)c1=O. The molecule has 244 valence electrons. The molecule has 0 bridgehead atoms. The van der Waals surface area contributed by atoms with Gasteiger partial charge in [-0.15, -0.1) is 11.3 Å². The number of anilines is 1. The molecule has 0 saturated carbocycles. The number of carbonyl (C=O) groups excluding carboxylic acids is 2. The lowest BCUT2D eigenvalue weighted by atomic mass is 9.91. The van der Waals surface area contributed by atoms with E-state index in [4.69, 9.17) is 4.98 Å². The van der Waals surface area contributed by atoms with Gasteiger partial charge >= 0.3 is 0 Å². The van der Waals surface area contributed by atoms with Crippen molar-refractivity contribution in [1.82, 2.24) is 19.7 Å². The van der Waals surface area contributed by atoms with Crippen LogP contribution in [0.4, 0.5) is 5.69 Å². The molecular formula is C38H37N5O3S2. The van der Waals surface area contributed by atoms with Crippen LogP contribution in [-0.2, 0) is 16.6 Å². The fourth-order valence-electron chi connectivity index (χ4n) is 5.92. The van der Waals surface area contributed by atoms with Crippen LogP contribution in [0.25, 0.3) is 15.9 Å². The van der Waals surface area contributed by atoms with E-state index in [0.717, 1.165) is 25.7 Å². The Kier molecular flexibility index (Phi) is 9.66. The highest BCUT2D eigenvalue weighted by atomic mass is 32.2. The quantitative estimate of drug-likeness (QED) is 0.146. The predicted octanol–water partition coefficient (Wildman–Crippen LogP) is 7.29. The number of aromatic nitrogens is 3. The first kappa shape index (κ1) is 33.0. The Morgan fingerprint density at radius 2 is 1.46 bits per heavy atom. The molecule has 0 aliphatic carbocycles. The summed E-state index contributed by atoms with van der Waals surface area (Å²) in [5.74, 6) is -0.738. The summed E-state index contributed by atoms with van der Waals surface area (Å²) in [5.41, 5.74) is 2.27. The molecule has 4 aromatic carbocycles. The molecule has 2 heterocycles. The van der Waals surface area contributed by atoms with Crippen LogP contribution in [0.5, 0.6) is 0 Å². The fourth-order valence-corrected chi connectivity index (χ4v) is 7.83. The lowest BCUT2D eigenvalue weighted by Crippen LogP contribution is -2.61. The zero-order chi connectivity index (χ0) is 33.8. The summed E-state index contributed by atoms with van der Waals surface area (Å²) in [6.07, 6.45) is 0.256. The molecule has 6 aromatic rings. The van der Waals surface area contributed by atoms with Crippen molar-refractivity contribution in [3.63, 3.8) is 0 Å². The molecule has 0 aliphatic heterocycles. The molecule has 8 nitrogen and oxygen atoms in total. The molecule has 48 heavy (non-hydrogen) atoms. The first-order valence-electron chi connectivity index (χ1n) is 15.8. The Bertz CT molecular complexity index is 2040. The van der Waals surface area contributed by atoms with Crippen molar-refractivity contribution in [2.45, 2.75) is 43.1 Å². The number of thiazole rings is 1. The second-order valence-electron chi connectivity index (χ2n) is 11.7. The minimum absolute atomic E-state index is 0.0113. The van der Waals surface area contributed by atoms with Crippen LogP contribution >= 0.6 is 23.1 Å². The van der Waals surface area contributed by atoms with Gasteiger partial charge in [0, 0.05) is 7.05 Å². The highest BCUT2D eigenvalue weighted by Crippen LogP contribution is 2.34. The van der Waals surface area contributed by atoms with Gasteiger partial charge in [-0.25, -0.2) is 9.67 Å². The van der Waals surface area contributed by atoms with Gasteiger partial charge in [0.05, 0.1) is 33.4 Å². The third kappa shape index (κ3) is 6.33. The van der Waals surface area contributed by atoms with Crippen LogP contribution in [0.1, 0.15) is 43.1 Å². The average Bonchev–Trinajstić information content (AvgIpc) is 3.64. The first-order valence-corrected chi connectivity index (χ1v) is 17.6. The number of rotatable bonds is 11. The maximum absolute atomic E-state index is 14.7. The van der Waals surface area contributed by atoms with Crippen molar-refractivity contribution in [1.29, 1.82) is 0 Å². The highest BCUT2D eigenvalue weighted by Gasteiger charge is 2.45. The minimum atomic E-state index is -1.42. The number of amides is 2. The van der Waals surface area contributed by atoms with Gasteiger partial charge in [-0.05, 0) is 55.7 Å². The largest absolute Gasteiger partial charge is 0.343 e. The second-order valence-corrected chi connectivity index (χ2v) is 14.0. The van der Waals surface area contributed by atoms with Gasteiger partial charge < -0.3 is 5.32 Å². The van der Waals surface area contributed by atoms with Gasteiger partial charge in [0.15, 0.2) is 4.34 Å². The smallest absolute Gasteiger partial charge is 0.295 e. The summed E-state index contributed by atoms with van der Waals surface area (Å²) in [5, 5.41) is 3.26. The van der Waals surface area contributed by atoms with E-state index in [1.165, 1.54) is 32.7 Å². The van der Waals surface area contributed by atoms with E-state index in [9.17, 15) is 14.4 Å². The van der Waals surface area contributed by atoms with Crippen molar-refractivity contribution in [3.05, 3.63) is 142 Å². The standard InChI is InChI=1S/C38H37N5O3S2/c1-5-38(3,36(46)40-33(27-17-9-6-10-18-27)28-19-11-7-12-20-28)42(32(44)25-47-37-39-30-23-15-16-24-31(30)48-37)34-26(2)41(4)43(35(34)45)29-21-13-8-14-22-29/h6-24,33H,5,25H2,1-4H3,(H,40,46). The maximum atomic E-state index is 14.7. The zero-order valence-corrected chi connectivity index (χ0v) is 28.9. The molecule has 0 radical (unpaired) electrons. The summed E-state index contributed by atoms with van der Waals surface area (Å²) in [6.45, 7) is 5.42. The second kappa shape index (κ2) is 14.0. The number of nitrogens with zero attached hydrogens (tertiary/aromatic N) is 4. The van der Waals surface area contributed by atoms with Crippen LogP contribution in [0.15, 0.2) is 124 Å². The Morgan fingerprint density at radius 1 is 0.896 bits per heavy atom. The zero-order valence-electron chi connectivity index (χ0n) is 27.3. The molecule has 1 unspecified atom stereocenters. The number of hydrogen-bond acceptors (Lipinski definition) is 6. The van der Waals surface area contributed by atoms with Crippen LogP contribution in [0.2, 0.25) is 0 Å². The van der Waals surface area contributed by atoms with E-state index in [1.807, 2.05) is 129 Å². The van der Waals surface area contributed by atoms with E-state index in [1.54, 1.807) is 18.7 Å². The third-order valence-corrected chi connectivity index (χ3v) is 11.0. The number of para-hydroxylation sites is 2. The summed E-state index contributed by atoms with van der Waals surface area (Å²) < 4.78 is 5.04. The summed E-state index contributed by atoms with van der Waals surface area (Å²) >= 11 is 2.82. The molecule has 0 fully saturated rings. The first-order chi connectivity index (χ1) is 23.2. The Balaban J connectivity index is 1.43. The number of hydrogen-bond donors (Lipinski definition) is 1. The van der Waals surface area contributed by atoms with Crippen LogP contribution in [0, 0.1) is 6.92 Å². The van der Waals surface area contributed by atoms with E-state index >= 15 is 0 Å². The monoisotopic (exact) mass is 675 g/mol. The normalized spacial score (nSPS) is 12.6. The van der Waals surface area contributed by atoms with E-state index in [0.29, 0.717) is 11.4 Å². The van der Waals surface area contributed by atoms with Gasteiger partial charge in [0.1, 0.15) is 11.2 Å². The molecule has 10 heteroatoms. The van der Waals surface area contributed by atoms with Crippen molar-refractivity contribution in [2.24, 2.45) is 7.05 Å². The van der Waals surface area contributed by atoms with E-state index in [2.05, 4.69) is 5.32 Å². The molecule has 0 aliphatic rings. The fraction of sp³-hybridized carbons (Fsp3) is 0.211. The lowest BCUT2D eigenvalue weighted by Gasteiger charge is -2.40. The molecule has 0 spiro atoms. The van der Waals surface area contributed by atoms with Crippen molar-refractivity contribution in [2.75, 3.05) is 10.7 Å². The summed E-state index contributed by atoms with van der Waals surface area (Å²) in [6, 6.07) is 36.1. The molecule has 1 N–H and O–H groups in total. The van der Waals surface area contributed by atoms with Crippen LogP contribution < -0.4 is 15.8 Å². The van der Waals surface area contributed by atoms with Gasteiger partial charge in [0.2, 0.25) is 11.8 Å². The van der Waals surface area contributed by atoms with Gasteiger partial charge in [-0.3, -0.25) is 24.0 Å². The number of fused-ring (bicyclic) bond motifs is 1. The topological polar surface area (TPSA) is 89.2 Å². The lowest BCUT2D eigenvalue weighted by molar-refractivity contribution is -0.130. The summed E-state index contributed by atoms with van der Waals surface area (Å²) in [7, 11) is 1.79. The van der Waals surface area contributed by atoms with Crippen molar-refractivity contribution < 1.29 is 9.59 Å². The Hall–Kier alpha value is -4.93. The molecule has 1 atom stereocenters. The van der Waals surface area contributed by atoms with Gasteiger partial charge in [0.25, 0.3) is 5.56 Å². The molecular weight excluding hydrogens is 639 g/mol. The molecule has 2 amide bonds. The number of nitrogens with one attached hydrogen (secondary N) is 1. The third-order valence-electron chi connectivity index (χ3n) is 8.80. The number of benzene rings is 4.